The van der Waals surface area contributed by atoms with Crippen LogP contribution in [0.15, 0.2) is 120 Å². The zero-order valence-corrected chi connectivity index (χ0v) is 20.3. The number of nitriles is 1. The van der Waals surface area contributed by atoms with Gasteiger partial charge in [-0.3, -0.25) is 4.79 Å². The number of carbonyl (C=O) groups is 1. The van der Waals surface area contributed by atoms with E-state index in [0.717, 1.165) is 21.5 Å². The van der Waals surface area contributed by atoms with Gasteiger partial charge >= 0.3 is 10.1 Å². The number of carbonyl (C=O) groups excluding carboxylic acids is 1. The minimum atomic E-state index is -4.04. The van der Waals surface area contributed by atoms with E-state index in [-0.39, 0.29) is 16.2 Å². The summed E-state index contributed by atoms with van der Waals surface area (Å²) in [7, 11) is -4.04. The Morgan fingerprint density at radius 2 is 1.35 bits per heavy atom. The summed E-state index contributed by atoms with van der Waals surface area (Å²) < 4.78 is 30.8. The molecule has 0 radical (unpaired) electrons. The number of nitrogens with zero attached hydrogens (tertiary/aromatic N) is 1. The molecule has 1 amide bonds. The van der Waals surface area contributed by atoms with Crippen molar-refractivity contribution in [3.63, 3.8) is 0 Å². The second kappa shape index (κ2) is 9.97. The molecule has 0 saturated carbocycles. The highest BCUT2D eigenvalue weighted by molar-refractivity contribution is 7.87. The van der Waals surface area contributed by atoms with Gasteiger partial charge in [-0.15, -0.1) is 0 Å². The van der Waals surface area contributed by atoms with Crippen LogP contribution in [0.3, 0.4) is 0 Å². The van der Waals surface area contributed by atoms with E-state index in [9.17, 15) is 18.5 Å². The molecule has 1 N–H and O–H groups in total. The van der Waals surface area contributed by atoms with Crippen molar-refractivity contribution in [1.29, 1.82) is 5.26 Å². The Morgan fingerprint density at radius 1 is 0.757 bits per heavy atom. The summed E-state index contributed by atoms with van der Waals surface area (Å²) in [4.78, 5) is 12.7. The molecule has 0 aliphatic carbocycles. The Labute approximate surface area is 214 Å². The summed E-state index contributed by atoms with van der Waals surface area (Å²) >= 11 is 0. The Balaban J connectivity index is 1.30. The van der Waals surface area contributed by atoms with Gasteiger partial charge in [-0.25, -0.2) is 0 Å². The molecule has 0 aliphatic rings. The first-order valence-electron chi connectivity index (χ1n) is 11.4. The van der Waals surface area contributed by atoms with Crippen LogP contribution in [0.2, 0.25) is 0 Å². The van der Waals surface area contributed by atoms with E-state index in [4.69, 9.17) is 4.18 Å². The van der Waals surface area contributed by atoms with Crippen molar-refractivity contribution in [2.24, 2.45) is 0 Å². The van der Waals surface area contributed by atoms with Crippen LogP contribution in [-0.4, -0.2) is 14.3 Å². The van der Waals surface area contributed by atoms with Crippen LogP contribution in [0.1, 0.15) is 5.56 Å². The Bertz CT molecular complexity index is 1820. The number of amides is 1. The third-order valence-electron chi connectivity index (χ3n) is 5.78. The van der Waals surface area contributed by atoms with Gasteiger partial charge in [-0.05, 0) is 69.6 Å². The maximum atomic E-state index is 12.8. The zero-order valence-electron chi connectivity index (χ0n) is 19.5. The molecule has 5 rings (SSSR count). The van der Waals surface area contributed by atoms with Gasteiger partial charge in [0, 0.05) is 5.69 Å². The fraction of sp³-hybridized carbons (Fsp3) is 0. The lowest BCUT2D eigenvalue weighted by atomic mass is 10.1. The van der Waals surface area contributed by atoms with Crippen LogP contribution >= 0.6 is 0 Å². The van der Waals surface area contributed by atoms with Crippen molar-refractivity contribution in [1.82, 2.24) is 0 Å². The van der Waals surface area contributed by atoms with Crippen LogP contribution in [0.25, 0.3) is 27.6 Å². The molecule has 0 bridgehead atoms. The molecule has 37 heavy (non-hydrogen) atoms. The van der Waals surface area contributed by atoms with E-state index < -0.39 is 16.0 Å². The zero-order chi connectivity index (χ0) is 25.8. The smallest absolute Gasteiger partial charge is 0.339 e. The highest BCUT2D eigenvalue weighted by Gasteiger charge is 2.17. The van der Waals surface area contributed by atoms with Gasteiger partial charge in [0.2, 0.25) is 0 Å². The third kappa shape index (κ3) is 5.35. The van der Waals surface area contributed by atoms with Crippen LogP contribution in [-0.2, 0) is 14.9 Å². The lowest BCUT2D eigenvalue weighted by Crippen LogP contribution is -2.13. The average Bonchev–Trinajstić information content (AvgIpc) is 2.92. The molecule has 5 aromatic rings. The maximum Gasteiger partial charge on any atom is 0.339 e. The van der Waals surface area contributed by atoms with Gasteiger partial charge in [0.1, 0.15) is 22.3 Å². The molecule has 0 saturated heterocycles. The summed E-state index contributed by atoms with van der Waals surface area (Å²) in [6.45, 7) is 0. The van der Waals surface area contributed by atoms with Crippen molar-refractivity contribution in [3.05, 3.63) is 120 Å². The summed E-state index contributed by atoms with van der Waals surface area (Å²) in [5, 5.41) is 16.0. The van der Waals surface area contributed by atoms with Crippen molar-refractivity contribution in [2.45, 2.75) is 4.90 Å². The minimum absolute atomic E-state index is 0.0484. The number of hydrogen-bond acceptors (Lipinski definition) is 5. The summed E-state index contributed by atoms with van der Waals surface area (Å²) in [5.41, 5.74) is 1.03. The van der Waals surface area contributed by atoms with Gasteiger partial charge in [0.15, 0.2) is 0 Å². The maximum absolute atomic E-state index is 12.8. The summed E-state index contributed by atoms with van der Waals surface area (Å²) in [6, 6.07) is 33.5. The average molecular weight is 505 g/mol. The highest BCUT2D eigenvalue weighted by atomic mass is 32.2. The standard InChI is InChI=1S/C30H20N2O4S/c31-20-26(30(33)32-27-13-11-22-5-1-3-7-24(22)18-27)17-21-9-14-28(15-10-21)36-37(34,35)29-16-12-23-6-2-4-8-25(23)19-29/h1-19H,(H,32,33)/b26-17+. The lowest BCUT2D eigenvalue weighted by molar-refractivity contribution is -0.112. The van der Waals surface area contributed by atoms with Gasteiger partial charge in [-0.1, -0.05) is 72.8 Å². The van der Waals surface area contributed by atoms with Crippen molar-refractivity contribution >= 4 is 49.3 Å². The number of nitrogens with one attached hydrogen (secondary N) is 1. The SMILES string of the molecule is N#C/C(=C\c1ccc(OS(=O)(=O)c2ccc3ccccc3c2)cc1)C(=O)Nc1ccc2ccccc2c1. The third-order valence-corrected chi connectivity index (χ3v) is 7.02. The second-order valence-electron chi connectivity index (χ2n) is 8.30. The predicted octanol–water partition coefficient (Wildman–Crippen LogP) is 6.31. The number of fused-ring (bicyclic) bond motifs is 2. The monoisotopic (exact) mass is 504 g/mol. The molecular formula is C30H20N2O4S. The number of benzene rings is 5. The van der Waals surface area contributed by atoms with Crippen LogP contribution in [0, 0.1) is 11.3 Å². The molecule has 7 heteroatoms. The number of anilines is 1. The van der Waals surface area contributed by atoms with Crippen molar-refractivity contribution in [3.8, 4) is 11.8 Å². The first-order valence-corrected chi connectivity index (χ1v) is 12.8. The molecule has 5 aromatic carbocycles. The van der Waals surface area contributed by atoms with E-state index in [2.05, 4.69) is 5.32 Å². The molecule has 6 nitrogen and oxygen atoms in total. The largest absolute Gasteiger partial charge is 0.379 e. The summed E-state index contributed by atoms with van der Waals surface area (Å²) in [6.07, 6.45) is 1.43. The fourth-order valence-corrected chi connectivity index (χ4v) is 4.86. The van der Waals surface area contributed by atoms with E-state index >= 15 is 0 Å². The molecule has 0 unspecified atom stereocenters. The van der Waals surface area contributed by atoms with Gasteiger partial charge in [-0.2, -0.15) is 13.7 Å². The van der Waals surface area contributed by atoms with E-state index in [0.29, 0.717) is 11.3 Å². The molecule has 0 aliphatic heterocycles. The molecule has 0 fully saturated rings. The Kier molecular flexibility index (Phi) is 6.42. The quantitative estimate of drug-likeness (QED) is 0.166. The number of hydrogen-bond donors (Lipinski definition) is 1. The Morgan fingerprint density at radius 3 is 2.00 bits per heavy atom. The number of rotatable bonds is 6. The van der Waals surface area contributed by atoms with Gasteiger partial charge in [0.05, 0.1) is 0 Å². The van der Waals surface area contributed by atoms with Crippen molar-refractivity contribution in [2.75, 3.05) is 5.32 Å². The van der Waals surface area contributed by atoms with Crippen molar-refractivity contribution < 1.29 is 17.4 Å². The van der Waals surface area contributed by atoms with E-state index in [1.807, 2.05) is 66.7 Å². The first-order chi connectivity index (χ1) is 17.9. The summed E-state index contributed by atoms with van der Waals surface area (Å²) in [5.74, 6) is -0.429. The highest BCUT2D eigenvalue weighted by Crippen LogP contribution is 2.24. The minimum Gasteiger partial charge on any atom is -0.379 e. The molecule has 0 spiro atoms. The van der Waals surface area contributed by atoms with E-state index in [1.54, 1.807) is 30.3 Å². The molecule has 0 heterocycles. The lowest BCUT2D eigenvalue weighted by Gasteiger charge is -2.08. The topological polar surface area (TPSA) is 96.3 Å². The fourth-order valence-electron chi connectivity index (χ4n) is 3.90. The first kappa shape index (κ1) is 23.8. The van der Waals surface area contributed by atoms with Crippen LogP contribution in [0.4, 0.5) is 5.69 Å². The van der Waals surface area contributed by atoms with Gasteiger partial charge in [0.25, 0.3) is 5.91 Å². The van der Waals surface area contributed by atoms with E-state index in [1.165, 1.54) is 24.3 Å². The Hall–Kier alpha value is -4.93. The molecular weight excluding hydrogens is 484 g/mol. The van der Waals surface area contributed by atoms with Gasteiger partial charge < -0.3 is 9.50 Å². The normalized spacial score (nSPS) is 11.7. The molecule has 180 valence electrons. The molecule has 0 aromatic heterocycles. The molecule has 0 atom stereocenters. The van der Waals surface area contributed by atoms with Crippen LogP contribution < -0.4 is 9.50 Å². The predicted molar refractivity (Wildman–Crippen MR) is 144 cm³/mol. The van der Waals surface area contributed by atoms with Crippen LogP contribution in [0.5, 0.6) is 5.75 Å². The second-order valence-corrected chi connectivity index (χ2v) is 9.85.